The van der Waals surface area contributed by atoms with Crippen LogP contribution in [0.3, 0.4) is 0 Å². The summed E-state index contributed by atoms with van der Waals surface area (Å²) in [6, 6.07) is 3.39. The molecular weight excluding hydrogens is 310 g/mol. The summed E-state index contributed by atoms with van der Waals surface area (Å²) in [6.45, 7) is 6.35. The summed E-state index contributed by atoms with van der Waals surface area (Å²) in [6.07, 6.45) is 0.766. The number of hydrogen-bond acceptors (Lipinski definition) is 5. The van der Waals surface area contributed by atoms with E-state index in [1.54, 1.807) is 37.8 Å². The van der Waals surface area contributed by atoms with Crippen molar-refractivity contribution in [3.8, 4) is 5.75 Å². The fourth-order valence-electron chi connectivity index (χ4n) is 3.35. The van der Waals surface area contributed by atoms with Gasteiger partial charge in [0.1, 0.15) is 11.6 Å². The number of ether oxygens (including phenoxy) is 2. The molecule has 1 saturated heterocycles. The lowest BCUT2D eigenvalue weighted by Gasteiger charge is -2.41. The van der Waals surface area contributed by atoms with Gasteiger partial charge in [-0.05, 0) is 33.3 Å². The van der Waals surface area contributed by atoms with E-state index in [4.69, 9.17) is 9.47 Å². The number of amides is 1. The van der Waals surface area contributed by atoms with E-state index >= 15 is 0 Å². The van der Waals surface area contributed by atoms with Crippen LogP contribution in [0.2, 0.25) is 0 Å². The molecule has 1 aromatic heterocycles. The number of anilines is 1. The van der Waals surface area contributed by atoms with Crippen molar-refractivity contribution >= 4 is 22.5 Å². The van der Waals surface area contributed by atoms with E-state index in [9.17, 15) is 9.59 Å². The Morgan fingerprint density at radius 2 is 2.12 bits per heavy atom. The molecule has 1 atom stereocenters. The van der Waals surface area contributed by atoms with Gasteiger partial charge in [-0.1, -0.05) is 0 Å². The third-order valence-corrected chi connectivity index (χ3v) is 4.53. The van der Waals surface area contributed by atoms with Crippen LogP contribution in [0.25, 0.3) is 10.9 Å². The van der Waals surface area contributed by atoms with E-state index in [1.165, 1.54) is 0 Å². The van der Waals surface area contributed by atoms with Crippen LogP contribution in [0.5, 0.6) is 5.75 Å². The van der Waals surface area contributed by atoms with Gasteiger partial charge in [-0.3, -0.25) is 14.5 Å². The highest BCUT2D eigenvalue weighted by Crippen LogP contribution is 2.41. The standard InChI is InChI=1S/C17H19N3O4/c1-9-18-12-7-14-13(6-11(12)15(21)19-9)20(10-4-5-23-8-10)16(22)17(2,3)24-14/h6-7,10H,4-5,8H2,1-3H3,(H,18,19,21). The molecule has 24 heavy (non-hydrogen) atoms. The quantitative estimate of drug-likeness (QED) is 0.857. The third-order valence-electron chi connectivity index (χ3n) is 4.53. The molecule has 126 valence electrons. The molecule has 3 heterocycles. The molecule has 0 bridgehead atoms. The molecule has 0 radical (unpaired) electrons. The average molecular weight is 329 g/mol. The van der Waals surface area contributed by atoms with Gasteiger partial charge in [0, 0.05) is 12.7 Å². The topological polar surface area (TPSA) is 84.5 Å². The fourth-order valence-corrected chi connectivity index (χ4v) is 3.35. The van der Waals surface area contributed by atoms with Crippen LogP contribution >= 0.6 is 0 Å². The molecule has 1 fully saturated rings. The number of rotatable bonds is 1. The zero-order valence-electron chi connectivity index (χ0n) is 13.9. The predicted octanol–water partition coefficient (Wildman–Crippen LogP) is 1.52. The molecule has 7 heteroatoms. The first kappa shape index (κ1) is 15.1. The summed E-state index contributed by atoms with van der Waals surface area (Å²) in [5.41, 5.74) is -0.0269. The fraction of sp³-hybridized carbons (Fsp3) is 0.471. The minimum atomic E-state index is -0.973. The van der Waals surface area contributed by atoms with Crippen LogP contribution in [-0.2, 0) is 9.53 Å². The van der Waals surface area contributed by atoms with Crippen LogP contribution in [0.1, 0.15) is 26.1 Å². The third kappa shape index (κ3) is 2.19. The lowest BCUT2D eigenvalue weighted by Crippen LogP contribution is -2.56. The molecule has 2 aliphatic rings. The van der Waals surface area contributed by atoms with Gasteiger partial charge in [-0.25, -0.2) is 4.98 Å². The van der Waals surface area contributed by atoms with Gasteiger partial charge >= 0.3 is 0 Å². The minimum Gasteiger partial charge on any atom is -0.476 e. The van der Waals surface area contributed by atoms with Crippen molar-refractivity contribution in [3.05, 3.63) is 28.3 Å². The lowest BCUT2D eigenvalue weighted by molar-refractivity contribution is -0.133. The summed E-state index contributed by atoms with van der Waals surface area (Å²) in [4.78, 5) is 34.0. The smallest absolute Gasteiger partial charge is 0.271 e. The highest BCUT2D eigenvalue weighted by molar-refractivity contribution is 6.04. The maximum absolute atomic E-state index is 12.9. The number of hydrogen-bond donors (Lipinski definition) is 1. The number of fused-ring (bicyclic) bond motifs is 2. The van der Waals surface area contributed by atoms with Gasteiger partial charge in [0.05, 0.1) is 29.2 Å². The molecule has 1 N–H and O–H groups in total. The number of carbonyl (C=O) groups excluding carboxylic acids is 1. The number of benzene rings is 1. The Labute approximate surface area is 138 Å². The number of aryl methyl sites for hydroxylation is 1. The number of aromatic nitrogens is 2. The first-order chi connectivity index (χ1) is 11.4. The average Bonchev–Trinajstić information content (AvgIpc) is 3.01. The van der Waals surface area contributed by atoms with Crippen LogP contribution < -0.4 is 15.2 Å². The van der Waals surface area contributed by atoms with Crippen LogP contribution in [0, 0.1) is 6.92 Å². The van der Waals surface area contributed by atoms with Crippen molar-refractivity contribution in [2.24, 2.45) is 0 Å². The SMILES string of the molecule is Cc1nc2cc3c(cc2c(=O)[nH]1)N(C1CCOC1)C(=O)C(C)(C)O3. The zero-order chi connectivity index (χ0) is 17.1. The summed E-state index contributed by atoms with van der Waals surface area (Å²) < 4.78 is 11.4. The molecule has 7 nitrogen and oxygen atoms in total. The Morgan fingerprint density at radius 3 is 2.83 bits per heavy atom. The van der Waals surface area contributed by atoms with Gasteiger partial charge < -0.3 is 14.5 Å². The summed E-state index contributed by atoms with van der Waals surface area (Å²) in [5.74, 6) is 0.984. The number of aromatic amines is 1. The second kappa shape index (κ2) is 5.04. The van der Waals surface area contributed by atoms with Gasteiger partial charge in [0.25, 0.3) is 11.5 Å². The van der Waals surface area contributed by atoms with E-state index < -0.39 is 5.60 Å². The first-order valence-corrected chi connectivity index (χ1v) is 8.02. The molecule has 0 spiro atoms. The molecular formula is C17H19N3O4. The number of H-pyrrole nitrogens is 1. The van der Waals surface area contributed by atoms with Crippen LogP contribution in [0.4, 0.5) is 5.69 Å². The number of carbonyl (C=O) groups is 1. The van der Waals surface area contributed by atoms with Crippen molar-refractivity contribution in [2.45, 2.75) is 38.8 Å². The minimum absolute atomic E-state index is 0.0469. The molecule has 2 aromatic rings. The van der Waals surface area contributed by atoms with Crippen LogP contribution in [0.15, 0.2) is 16.9 Å². The van der Waals surface area contributed by atoms with Crippen molar-refractivity contribution in [1.82, 2.24) is 9.97 Å². The molecule has 1 aromatic carbocycles. The van der Waals surface area contributed by atoms with Crippen molar-refractivity contribution in [2.75, 3.05) is 18.1 Å². The summed E-state index contributed by atoms with van der Waals surface area (Å²) in [5, 5.41) is 0.444. The van der Waals surface area contributed by atoms with Crippen LogP contribution in [-0.4, -0.2) is 40.7 Å². The van der Waals surface area contributed by atoms with Crippen molar-refractivity contribution < 1.29 is 14.3 Å². The van der Waals surface area contributed by atoms with E-state index in [1.807, 2.05) is 0 Å². The van der Waals surface area contributed by atoms with Crippen molar-refractivity contribution in [3.63, 3.8) is 0 Å². The molecule has 1 unspecified atom stereocenters. The Kier molecular flexibility index (Phi) is 3.18. The monoisotopic (exact) mass is 329 g/mol. The molecule has 1 amide bonds. The van der Waals surface area contributed by atoms with Gasteiger partial charge in [-0.2, -0.15) is 0 Å². The molecule has 2 aliphatic heterocycles. The van der Waals surface area contributed by atoms with Crippen molar-refractivity contribution in [1.29, 1.82) is 0 Å². The zero-order valence-corrected chi connectivity index (χ0v) is 13.9. The second-order valence-electron chi connectivity index (χ2n) is 6.79. The predicted molar refractivity (Wildman–Crippen MR) is 88.5 cm³/mol. The Bertz CT molecular complexity index is 897. The van der Waals surface area contributed by atoms with Gasteiger partial charge in [0.2, 0.25) is 0 Å². The number of nitrogens with one attached hydrogen (secondary N) is 1. The second-order valence-corrected chi connectivity index (χ2v) is 6.79. The van der Waals surface area contributed by atoms with E-state index in [2.05, 4.69) is 9.97 Å². The van der Waals surface area contributed by atoms with Gasteiger partial charge in [-0.15, -0.1) is 0 Å². The summed E-state index contributed by atoms with van der Waals surface area (Å²) in [7, 11) is 0. The maximum Gasteiger partial charge on any atom is 0.271 e. The van der Waals surface area contributed by atoms with E-state index in [0.29, 0.717) is 41.4 Å². The Morgan fingerprint density at radius 1 is 1.33 bits per heavy atom. The Balaban J connectivity index is 1.96. The largest absolute Gasteiger partial charge is 0.476 e. The van der Waals surface area contributed by atoms with E-state index in [-0.39, 0.29) is 17.5 Å². The highest BCUT2D eigenvalue weighted by atomic mass is 16.5. The normalized spacial score (nSPS) is 22.5. The molecule has 0 aliphatic carbocycles. The lowest BCUT2D eigenvalue weighted by atomic mass is 10.0. The number of nitrogens with zero attached hydrogens (tertiary/aromatic N) is 2. The molecule has 4 rings (SSSR count). The highest BCUT2D eigenvalue weighted by Gasteiger charge is 2.44. The Hall–Kier alpha value is -2.41. The maximum atomic E-state index is 12.9. The molecule has 0 saturated carbocycles. The van der Waals surface area contributed by atoms with E-state index in [0.717, 1.165) is 6.42 Å². The van der Waals surface area contributed by atoms with Gasteiger partial charge in [0.15, 0.2) is 5.60 Å². The summed E-state index contributed by atoms with van der Waals surface area (Å²) >= 11 is 0. The first-order valence-electron chi connectivity index (χ1n) is 8.02.